The normalized spacial score (nSPS) is 18.4. The molecule has 1 saturated heterocycles. The Labute approximate surface area is 138 Å². The Morgan fingerprint density at radius 1 is 1.43 bits per heavy atom. The van der Waals surface area contributed by atoms with Crippen LogP contribution >= 0.6 is 11.3 Å². The molecule has 0 saturated carbocycles. The lowest BCUT2D eigenvalue weighted by molar-refractivity contribution is -0.131. The molecule has 6 heteroatoms. The molecule has 23 heavy (non-hydrogen) atoms. The minimum Gasteiger partial charge on any atom is -0.342 e. The number of hydrogen-bond donors (Lipinski definition) is 1. The zero-order valence-corrected chi connectivity index (χ0v) is 13.6. The van der Waals surface area contributed by atoms with Gasteiger partial charge in [0.15, 0.2) is 5.65 Å². The van der Waals surface area contributed by atoms with Gasteiger partial charge >= 0.3 is 0 Å². The number of thiophene rings is 1. The lowest BCUT2D eigenvalue weighted by atomic mass is 9.93. The lowest BCUT2D eigenvalue weighted by Gasteiger charge is -2.32. The highest BCUT2D eigenvalue weighted by atomic mass is 32.1. The first-order valence-corrected chi connectivity index (χ1v) is 8.83. The fourth-order valence-corrected chi connectivity index (χ4v) is 3.97. The van der Waals surface area contributed by atoms with Gasteiger partial charge in [0.05, 0.1) is 6.42 Å². The molecule has 1 atom stereocenters. The van der Waals surface area contributed by atoms with Gasteiger partial charge in [-0.25, -0.2) is 4.98 Å². The number of amides is 1. The standard InChI is InChI=1S/C17H18N4OS/c22-15(9-12-5-8-23-11-12)21-7-2-3-13(10-21)16-14-4-1-6-18-17(14)20-19-16/h1,4-6,8,11,13H,2-3,7,9-10H2,(H,18,19,20)/t13-/m0/s1. The molecule has 4 heterocycles. The SMILES string of the molecule is O=C(Cc1ccsc1)N1CCC[C@H](c2[nH]nc3ncccc23)C1. The van der Waals surface area contributed by atoms with Gasteiger partial charge < -0.3 is 4.90 Å². The first-order chi connectivity index (χ1) is 11.3. The monoisotopic (exact) mass is 326 g/mol. The van der Waals surface area contributed by atoms with Gasteiger partial charge in [0.1, 0.15) is 0 Å². The zero-order chi connectivity index (χ0) is 15.6. The maximum absolute atomic E-state index is 12.5. The largest absolute Gasteiger partial charge is 0.342 e. The predicted molar refractivity (Wildman–Crippen MR) is 90.5 cm³/mol. The van der Waals surface area contributed by atoms with Crippen LogP contribution in [0.5, 0.6) is 0 Å². The van der Waals surface area contributed by atoms with Crippen LogP contribution in [0.4, 0.5) is 0 Å². The number of pyridine rings is 1. The predicted octanol–water partition coefficient (Wildman–Crippen LogP) is 2.97. The Morgan fingerprint density at radius 3 is 3.26 bits per heavy atom. The summed E-state index contributed by atoms with van der Waals surface area (Å²) in [6.45, 7) is 1.61. The van der Waals surface area contributed by atoms with Crippen LogP contribution in [0.3, 0.4) is 0 Å². The quantitative estimate of drug-likeness (QED) is 0.805. The number of carbonyl (C=O) groups excluding carboxylic acids is 1. The molecule has 0 aliphatic carbocycles. The number of fused-ring (bicyclic) bond motifs is 1. The summed E-state index contributed by atoms with van der Waals surface area (Å²) in [5, 5.41) is 12.6. The Balaban J connectivity index is 1.51. The van der Waals surface area contributed by atoms with Crippen LogP contribution in [0.15, 0.2) is 35.2 Å². The van der Waals surface area contributed by atoms with Crippen molar-refractivity contribution in [3.05, 3.63) is 46.4 Å². The Morgan fingerprint density at radius 2 is 2.39 bits per heavy atom. The van der Waals surface area contributed by atoms with Gasteiger partial charge in [-0.15, -0.1) is 0 Å². The van der Waals surface area contributed by atoms with Crippen LogP contribution < -0.4 is 0 Å². The number of H-pyrrole nitrogens is 1. The summed E-state index contributed by atoms with van der Waals surface area (Å²) in [7, 11) is 0. The second kappa shape index (κ2) is 6.12. The molecule has 0 bridgehead atoms. The molecule has 0 aromatic carbocycles. The molecule has 5 nitrogen and oxygen atoms in total. The molecule has 1 N–H and O–H groups in total. The van der Waals surface area contributed by atoms with E-state index < -0.39 is 0 Å². The fourth-order valence-electron chi connectivity index (χ4n) is 3.30. The highest BCUT2D eigenvalue weighted by Crippen LogP contribution is 2.30. The van der Waals surface area contributed by atoms with Crippen LogP contribution in [-0.2, 0) is 11.2 Å². The van der Waals surface area contributed by atoms with Crippen LogP contribution in [0.1, 0.15) is 30.0 Å². The van der Waals surface area contributed by atoms with Crippen molar-refractivity contribution in [2.75, 3.05) is 13.1 Å². The number of hydrogen-bond acceptors (Lipinski definition) is 4. The van der Waals surface area contributed by atoms with Crippen molar-refractivity contribution in [2.45, 2.75) is 25.2 Å². The molecule has 3 aromatic heterocycles. The van der Waals surface area contributed by atoms with Gasteiger partial charge in [0.2, 0.25) is 5.91 Å². The highest BCUT2D eigenvalue weighted by molar-refractivity contribution is 7.08. The molecule has 0 spiro atoms. The maximum Gasteiger partial charge on any atom is 0.227 e. The Hall–Kier alpha value is -2.21. The van der Waals surface area contributed by atoms with E-state index in [-0.39, 0.29) is 5.91 Å². The number of aromatic amines is 1. The topological polar surface area (TPSA) is 61.9 Å². The van der Waals surface area contributed by atoms with Crippen molar-refractivity contribution >= 4 is 28.3 Å². The van der Waals surface area contributed by atoms with Crippen molar-refractivity contribution in [3.63, 3.8) is 0 Å². The second-order valence-corrected chi connectivity index (χ2v) is 6.78. The summed E-state index contributed by atoms with van der Waals surface area (Å²) in [5.41, 5.74) is 2.98. The number of aromatic nitrogens is 3. The molecule has 1 amide bonds. The molecule has 1 fully saturated rings. The third-order valence-electron chi connectivity index (χ3n) is 4.48. The molecular weight excluding hydrogens is 308 g/mol. The average Bonchev–Trinajstić information content (AvgIpc) is 3.24. The van der Waals surface area contributed by atoms with E-state index in [1.807, 2.05) is 33.9 Å². The van der Waals surface area contributed by atoms with Gasteiger partial charge in [0, 0.05) is 36.3 Å². The second-order valence-electron chi connectivity index (χ2n) is 6.00. The Kier molecular flexibility index (Phi) is 3.83. The first kappa shape index (κ1) is 14.4. The van der Waals surface area contributed by atoms with Crippen LogP contribution in [-0.4, -0.2) is 39.1 Å². The molecule has 118 valence electrons. The third kappa shape index (κ3) is 2.86. The Bertz CT molecular complexity index is 811. The van der Waals surface area contributed by atoms with Crippen molar-refractivity contribution in [3.8, 4) is 0 Å². The number of likely N-dealkylation sites (tertiary alicyclic amines) is 1. The van der Waals surface area contributed by atoms with Crippen LogP contribution in [0, 0.1) is 0 Å². The molecular formula is C17H18N4OS. The fraction of sp³-hybridized carbons (Fsp3) is 0.353. The van der Waals surface area contributed by atoms with E-state index in [0.29, 0.717) is 12.3 Å². The van der Waals surface area contributed by atoms with Crippen molar-refractivity contribution in [1.82, 2.24) is 20.1 Å². The van der Waals surface area contributed by atoms with E-state index in [9.17, 15) is 4.79 Å². The van der Waals surface area contributed by atoms with Gasteiger partial charge in [-0.05, 0) is 47.4 Å². The summed E-state index contributed by atoms with van der Waals surface area (Å²) in [5.74, 6) is 0.527. The number of piperidine rings is 1. The minimum atomic E-state index is 0.218. The number of nitrogens with one attached hydrogen (secondary N) is 1. The number of nitrogens with zero attached hydrogens (tertiary/aromatic N) is 3. The van der Waals surface area contributed by atoms with Crippen molar-refractivity contribution in [1.29, 1.82) is 0 Å². The van der Waals surface area contributed by atoms with E-state index >= 15 is 0 Å². The van der Waals surface area contributed by atoms with Crippen molar-refractivity contribution in [2.24, 2.45) is 0 Å². The summed E-state index contributed by atoms with van der Waals surface area (Å²) in [6, 6.07) is 6.01. The summed E-state index contributed by atoms with van der Waals surface area (Å²) >= 11 is 1.64. The minimum absolute atomic E-state index is 0.218. The molecule has 3 aromatic rings. The smallest absolute Gasteiger partial charge is 0.227 e. The molecule has 0 unspecified atom stereocenters. The highest BCUT2D eigenvalue weighted by Gasteiger charge is 2.27. The molecule has 4 rings (SSSR count). The van der Waals surface area contributed by atoms with Crippen LogP contribution in [0.2, 0.25) is 0 Å². The number of rotatable bonds is 3. The lowest BCUT2D eigenvalue weighted by Crippen LogP contribution is -2.40. The van der Waals surface area contributed by atoms with E-state index in [1.54, 1.807) is 17.5 Å². The van der Waals surface area contributed by atoms with E-state index in [1.165, 1.54) is 0 Å². The molecule has 0 radical (unpaired) electrons. The van der Waals surface area contributed by atoms with Gasteiger partial charge in [-0.1, -0.05) is 0 Å². The van der Waals surface area contributed by atoms with E-state index in [0.717, 1.165) is 48.2 Å². The summed E-state index contributed by atoms with van der Waals surface area (Å²) < 4.78 is 0. The van der Waals surface area contributed by atoms with E-state index in [4.69, 9.17) is 0 Å². The maximum atomic E-state index is 12.5. The third-order valence-corrected chi connectivity index (χ3v) is 5.21. The molecule has 1 aliphatic heterocycles. The van der Waals surface area contributed by atoms with Crippen LogP contribution in [0.25, 0.3) is 11.0 Å². The first-order valence-electron chi connectivity index (χ1n) is 7.89. The average molecular weight is 326 g/mol. The van der Waals surface area contributed by atoms with Gasteiger partial charge in [-0.2, -0.15) is 16.4 Å². The van der Waals surface area contributed by atoms with Gasteiger partial charge in [0.25, 0.3) is 0 Å². The number of carbonyl (C=O) groups is 1. The van der Waals surface area contributed by atoms with Gasteiger partial charge in [-0.3, -0.25) is 9.89 Å². The zero-order valence-electron chi connectivity index (χ0n) is 12.7. The summed E-state index contributed by atoms with van der Waals surface area (Å²) in [6.07, 6.45) is 4.36. The van der Waals surface area contributed by atoms with E-state index in [2.05, 4.69) is 15.2 Å². The van der Waals surface area contributed by atoms with Crippen molar-refractivity contribution < 1.29 is 4.79 Å². The molecule has 1 aliphatic rings. The summed E-state index contributed by atoms with van der Waals surface area (Å²) in [4.78, 5) is 18.8.